The second kappa shape index (κ2) is 6.53. The molecule has 1 saturated heterocycles. The number of aryl methyl sites for hydroxylation is 1. The highest BCUT2D eigenvalue weighted by Gasteiger charge is 2.25. The molecule has 2 heteroatoms. The van der Waals surface area contributed by atoms with Crippen molar-refractivity contribution < 1.29 is 0 Å². The summed E-state index contributed by atoms with van der Waals surface area (Å²) in [6.07, 6.45) is 4.00. The molecule has 1 aliphatic rings. The third kappa shape index (κ3) is 3.58. The van der Waals surface area contributed by atoms with Crippen molar-refractivity contribution in [1.29, 1.82) is 0 Å². The summed E-state index contributed by atoms with van der Waals surface area (Å²) in [5, 5.41) is 0. The Morgan fingerprint density at radius 3 is 2.32 bits per heavy atom. The first-order chi connectivity index (χ1) is 9.11. The van der Waals surface area contributed by atoms with Crippen molar-refractivity contribution in [3.8, 4) is 0 Å². The Labute approximate surface area is 118 Å². The molecule has 2 N–H and O–H groups in total. The van der Waals surface area contributed by atoms with E-state index in [9.17, 15) is 0 Å². The lowest BCUT2D eigenvalue weighted by atomic mass is 9.91. The van der Waals surface area contributed by atoms with Gasteiger partial charge in [-0.05, 0) is 51.3 Å². The largest absolute Gasteiger partial charge is 0.323 e. The minimum Gasteiger partial charge on any atom is -0.323 e. The molecule has 0 saturated carbocycles. The number of nitrogens with two attached hydrogens (primary N) is 1. The van der Waals surface area contributed by atoms with Gasteiger partial charge in [0.15, 0.2) is 0 Å². The van der Waals surface area contributed by atoms with Crippen molar-refractivity contribution in [3.05, 3.63) is 35.4 Å². The number of nitrogens with zero attached hydrogens (tertiary/aromatic N) is 1. The molecule has 2 rings (SSSR count). The van der Waals surface area contributed by atoms with Crippen LogP contribution in [0.15, 0.2) is 24.3 Å². The van der Waals surface area contributed by atoms with Gasteiger partial charge in [-0.3, -0.25) is 4.90 Å². The van der Waals surface area contributed by atoms with Crippen molar-refractivity contribution in [3.63, 3.8) is 0 Å². The number of likely N-dealkylation sites (tertiary alicyclic amines) is 1. The van der Waals surface area contributed by atoms with Gasteiger partial charge in [-0.15, -0.1) is 0 Å². The van der Waals surface area contributed by atoms with Gasteiger partial charge in [0.05, 0.1) is 0 Å². The molecule has 1 aromatic rings. The van der Waals surface area contributed by atoms with Gasteiger partial charge < -0.3 is 5.73 Å². The van der Waals surface area contributed by atoms with Crippen LogP contribution < -0.4 is 5.73 Å². The van der Waals surface area contributed by atoms with E-state index in [1.807, 2.05) is 0 Å². The summed E-state index contributed by atoms with van der Waals surface area (Å²) in [5.41, 5.74) is 9.00. The van der Waals surface area contributed by atoms with E-state index in [2.05, 4.69) is 49.9 Å². The molecule has 1 aromatic carbocycles. The van der Waals surface area contributed by atoms with Crippen LogP contribution in [0.25, 0.3) is 0 Å². The summed E-state index contributed by atoms with van der Waals surface area (Å²) in [6.45, 7) is 9.12. The van der Waals surface area contributed by atoms with Gasteiger partial charge in [0.2, 0.25) is 0 Å². The van der Waals surface area contributed by atoms with Crippen LogP contribution in [-0.4, -0.2) is 24.0 Å². The van der Waals surface area contributed by atoms with Crippen molar-refractivity contribution in [2.75, 3.05) is 13.1 Å². The zero-order valence-electron chi connectivity index (χ0n) is 12.6. The highest BCUT2D eigenvalue weighted by Crippen LogP contribution is 2.25. The zero-order chi connectivity index (χ0) is 13.8. The number of hydrogen-bond donors (Lipinski definition) is 1. The topological polar surface area (TPSA) is 29.3 Å². The van der Waals surface area contributed by atoms with E-state index in [1.54, 1.807) is 0 Å². The van der Waals surface area contributed by atoms with Crippen LogP contribution in [0.3, 0.4) is 0 Å². The van der Waals surface area contributed by atoms with E-state index in [-0.39, 0.29) is 6.04 Å². The van der Waals surface area contributed by atoms with Crippen molar-refractivity contribution >= 4 is 0 Å². The third-order valence-electron chi connectivity index (χ3n) is 4.78. The maximum absolute atomic E-state index is 6.44. The first kappa shape index (κ1) is 14.5. The fraction of sp³-hybridized carbons (Fsp3) is 0.647. The quantitative estimate of drug-likeness (QED) is 0.897. The van der Waals surface area contributed by atoms with Gasteiger partial charge >= 0.3 is 0 Å². The number of hydrogen-bond acceptors (Lipinski definition) is 2. The van der Waals surface area contributed by atoms with E-state index < -0.39 is 0 Å². The van der Waals surface area contributed by atoms with Crippen LogP contribution in [0.2, 0.25) is 0 Å². The number of benzene rings is 1. The molecule has 0 aliphatic carbocycles. The zero-order valence-corrected chi connectivity index (χ0v) is 12.6. The van der Waals surface area contributed by atoms with Crippen LogP contribution in [0.5, 0.6) is 0 Å². The fourth-order valence-electron chi connectivity index (χ4n) is 3.06. The Balaban J connectivity index is 1.95. The summed E-state index contributed by atoms with van der Waals surface area (Å²) in [4.78, 5) is 2.57. The van der Waals surface area contributed by atoms with Gasteiger partial charge in [0, 0.05) is 12.1 Å². The molecule has 106 valence electrons. The normalized spacial score (nSPS) is 21.3. The average Bonchev–Trinajstić information content (AvgIpc) is 2.46. The monoisotopic (exact) mass is 260 g/mol. The molecule has 1 aliphatic heterocycles. The van der Waals surface area contributed by atoms with E-state index in [0.29, 0.717) is 6.04 Å². The molecule has 1 heterocycles. The molecular weight excluding hydrogens is 232 g/mol. The smallest absolute Gasteiger partial charge is 0.0450 e. The van der Waals surface area contributed by atoms with Crippen LogP contribution in [-0.2, 0) is 0 Å². The second-order valence-electron chi connectivity index (χ2n) is 6.06. The lowest BCUT2D eigenvalue weighted by molar-refractivity contribution is 0.124. The molecule has 1 fully saturated rings. The number of rotatable bonds is 4. The van der Waals surface area contributed by atoms with E-state index in [1.165, 1.54) is 43.5 Å². The molecule has 2 unspecified atom stereocenters. The molecule has 0 amide bonds. The Morgan fingerprint density at radius 2 is 1.79 bits per heavy atom. The molecule has 2 atom stereocenters. The van der Waals surface area contributed by atoms with E-state index >= 15 is 0 Å². The Hall–Kier alpha value is -0.860. The average molecular weight is 260 g/mol. The van der Waals surface area contributed by atoms with Crippen LogP contribution in [0, 0.1) is 12.8 Å². The van der Waals surface area contributed by atoms with Crippen LogP contribution in [0.4, 0.5) is 0 Å². The first-order valence-corrected chi connectivity index (χ1v) is 7.68. The van der Waals surface area contributed by atoms with Crippen LogP contribution in [0.1, 0.15) is 50.3 Å². The standard InChI is InChI=1S/C17H28N2/c1-4-15-9-11-19(12-10-15)14(3)17(18)16-7-5-13(2)6-8-16/h5-8,14-15,17H,4,9-12,18H2,1-3H3. The van der Waals surface area contributed by atoms with Gasteiger partial charge in [0.1, 0.15) is 0 Å². The Bertz CT molecular complexity index is 377. The lowest BCUT2D eigenvalue weighted by Crippen LogP contribution is -2.45. The van der Waals surface area contributed by atoms with E-state index in [0.717, 1.165) is 5.92 Å². The summed E-state index contributed by atoms with van der Waals surface area (Å²) in [7, 11) is 0. The predicted octanol–water partition coefficient (Wildman–Crippen LogP) is 3.51. The lowest BCUT2D eigenvalue weighted by Gasteiger charge is -2.38. The molecule has 0 radical (unpaired) electrons. The van der Waals surface area contributed by atoms with E-state index in [4.69, 9.17) is 5.73 Å². The molecule has 2 nitrogen and oxygen atoms in total. The third-order valence-corrected chi connectivity index (χ3v) is 4.78. The molecule has 0 aromatic heterocycles. The second-order valence-corrected chi connectivity index (χ2v) is 6.06. The summed E-state index contributed by atoms with van der Waals surface area (Å²) in [6, 6.07) is 9.22. The van der Waals surface area contributed by atoms with Gasteiger partial charge in [-0.2, -0.15) is 0 Å². The Kier molecular flexibility index (Phi) is 5.00. The minimum atomic E-state index is 0.124. The summed E-state index contributed by atoms with van der Waals surface area (Å²) in [5.74, 6) is 0.930. The van der Waals surface area contributed by atoms with Gasteiger partial charge in [0.25, 0.3) is 0 Å². The summed E-state index contributed by atoms with van der Waals surface area (Å²) >= 11 is 0. The van der Waals surface area contributed by atoms with Crippen molar-refractivity contribution in [2.24, 2.45) is 11.7 Å². The molecule has 19 heavy (non-hydrogen) atoms. The predicted molar refractivity (Wildman–Crippen MR) is 82.2 cm³/mol. The molecule has 0 spiro atoms. The van der Waals surface area contributed by atoms with Crippen LogP contribution >= 0.6 is 0 Å². The Morgan fingerprint density at radius 1 is 1.21 bits per heavy atom. The molecular formula is C17H28N2. The van der Waals surface area contributed by atoms with Crippen molar-refractivity contribution in [1.82, 2.24) is 4.90 Å². The number of piperidine rings is 1. The SMILES string of the molecule is CCC1CCN(C(C)C(N)c2ccc(C)cc2)CC1. The highest BCUT2D eigenvalue weighted by molar-refractivity contribution is 5.24. The minimum absolute atomic E-state index is 0.124. The molecule has 0 bridgehead atoms. The fourth-order valence-corrected chi connectivity index (χ4v) is 3.06. The highest BCUT2D eigenvalue weighted by atomic mass is 15.2. The summed E-state index contributed by atoms with van der Waals surface area (Å²) < 4.78 is 0. The van der Waals surface area contributed by atoms with Gasteiger partial charge in [-0.1, -0.05) is 43.2 Å². The van der Waals surface area contributed by atoms with Gasteiger partial charge in [-0.25, -0.2) is 0 Å². The maximum atomic E-state index is 6.44. The first-order valence-electron chi connectivity index (χ1n) is 7.68. The maximum Gasteiger partial charge on any atom is 0.0450 e. The van der Waals surface area contributed by atoms with Crippen molar-refractivity contribution in [2.45, 2.75) is 52.1 Å².